The van der Waals surface area contributed by atoms with Crippen LogP contribution in [0.2, 0.25) is 5.02 Å². The van der Waals surface area contributed by atoms with E-state index in [0.717, 1.165) is 27.9 Å². The Morgan fingerprint density at radius 1 is 1.13 bits per heavy atom. The first kappa shape index (κ1) is 23.6. The fourth-order valence-corrected chi connectivity index (χ4v) is 5.40. The summed E-state index contributed by atoms with van der Waals surface area (Å²) in [6, 6.07) is 8.25. The second-order valence-corrected chi connectivity index (χ2v) is 10.9. The minimum Gasteiger partial charge on any atom is -0.308 e. The number of fused-ring (bicyclic) bond motifs is 1. The fraction of sp³-hybridized carbons (Fsp3) is 0.333. The number of carbonyl (C=O) groups excluding carboxylic acids is 1. The van der Waals surface area contributed by atoms with E-state index in [4.69, 9.17) is 11.6 Å². The van der Waals surface area contributed by atoms with Crippen molar-refractivity contribution in [3.05, 3.63) is 52.8 Å². The van der Waals surface area contributed by atoms with Crippen LogP contribution in [0.4, 0.5) is 9.52 Å². The maximum atomic E-state index is 13.1. The van der Waals surface area contributed by atoms with Crippen LogP contribution in [0, 0.1) is 12.7 Å². The summed E-state index contributed by atoms with van der Waals surface area (Å²) in [6.07, 6.45) is -0.206. The topological polar surface area (TPSA) is 70.6 Å². The molecule has 31 heavy (non-hydrogen) atoms. The normalized spacial score (nSPS) is 11.9. The summed E-state index contributed by atoms with van der Waals surface area (Å²) in [7, 11) is 0.0705. The van der Waals surface area contributed by atoms with Crippen LogP contribution in [0.3, 0.4) is 0 Å². The number of nitrogens with zero attached hydrogens (tertiary/aromatic N) is 3. The van der Waals surface area contributed by atoms with Crippen LogP contribution in [0.5, 0.6) is 0 Å². The van der Waals surface area contributed by atoms with E-state index >= 15 is 0 Å². The molecule has 166 valence electrons. The maximum Gasteiger partial charge on any atom is 0.229 e. The van der Waals surface area contributed by atoms with Gasteiger partial charge in [0, 0.05) is 24.5 Å². The number of benzene rings is 2. The fourth-order valence-electron chi connectivity index (χ4n) is 2.95. The summed E-state index contributed by atoms with van der Waals surface area (Å²) >= 11 is 7.56. The van der Waals surface area contributed by atoms with E-state index in [1.807, 2.05) is 32.0 Å². The number of aryl methyl sites for hydroxylation is 1. The summed E-state index contributed by atoms with van der Waals surface area (Å²) in [5, 5.41) is 1.10. The molecule has 0 N–H and O–H groups in total. The number of thiazole rings is 1. The Morgan fingerprint density at radius 3 is 2.45 bits per heavy atom. The van der Waals surface area contributed by atoms with E-state index < -0.39 is 15.7 Å². The Labute approximate surface area is 190 Å². The lowest BCUT2D eigenvalue weighted by Gasteiger charge is -2.22. The number of amides is 1. The van der Waals surface area contributed by atoms with E-state index in [2.05, 4.69) is 4.98 Å². The Balaban J connectivity index is 1.84. The van der Waals surface area contributed by atoms with Crippen molar-refractivity contribution < 1.29 is 17.6 Å². The zero-order chi connectivity index (χ0) is 22.8. The number of carbonyl (C=O) groups is 1. The smallest absolute Gasteiger partial charge is 0.229 e. The molecule has 0 aliphatic rings. The lowest BCUT2D eigenvalue weighted by Crippen LogP contribution is -2.37. The predicted molar refractivity (Wildman–Crippen MR) is 123 cm³/mol. The predicted octanol–water partition coefficient (Wildman–Crippen LogP) is 4.16. The largest absolute Gasteiger partial charge is 0.308 e. The maximum absolute atomic E-state index is 13.1. The van der Waals surface area contributed by atoms with Crippen LogP contribution in [-0.2, 0) is 14.6 Å². The molecule has 0 atom stereocenters. The minimum absolute atomic E-state index is 0.00760. The molecular formula is C21H23ClFN3O3S2. The van der Waals surface area contributed by atoms with Gasteiger partial charge in [-0.15, -0.1) is 0 Å². The van der Waals surface area contributed by atoms with E-state index in [1.54, 1.807) is 6.07 Å². The highest BCUT2D eigenvalue weighted by Crippen LogP contribution is 2.33. The zero-order valence-electron chi connectivity index (χ0n) is 17.4. The van der Waals surface area contributed by atoms with Crippen LogP contribution in [0.15, 0.2) is 41.3 Å². The molecule has 3 aromatic rings. The molecule has 1 amide bonds. The number of aromatic nitrogens is 1. The number of halogens is 2. The number of anilines is 1. The van der Waals surface area contributed by atoms with Gasteiger partial charge in [-0.2, -0.15) is 0 Å². The second-order valence-electron chi connectivity index (χ2n) is 7.39. The van der Waals surface area contributed by atoms with E-state index in [-0.39, 0.29) is 23.0 Å². The molecule has 1 heterocycles. The first-order valence-corrected chi connectivity index (χ1v) is 12.4. The highest BCUT2D eigenvalue weighted by atomic mass is 35.5. The highest BCUT2D eigenvalue weighted by Gasteiger charge is 2.24. The van der Waals surface area contributed by atoms with Gasteiger partial charge in [0.15, 0.2) is 15.0 Å². The molecular weight excluding hydrogens is 461 g/mol. The van der Waals surface area contributed by atoms with Crippen LogP contribution in [0.25, 0.3) is 10.2 Å². The molecule has 0 spiro atoms. The Morgan fingerprint density at radius 2 is 1.81 bits per heavy atom. The number of hydrogen-bond acceptors (Lipinski definition) is 6. The standard InChI is InChI=1S/C21H23ClFN3O3S2/c1-14-17(22)8-9-18-20(14)24-21(30-18)26(12-11-25(2)3)19(27)10-13-31(28,29)16-6-4-15(23)5-7-16/h4-9H,10-13H2,1-3H3. The van der Waals surface area contributed by atoms with Gasteiger partial charge < -0.3 is 4.90 Å². The quantitative estimate of drug-likeness (QED) is 0.450. The van der Waals surface area contributed by atoms with Gasteiger partial charge in [0.25, 0.3) is 0 Å². The first-order chi connectivity index (χ1) is 14.6. The molecule has 0 radical (unpaired) electrons. The number of sulfone groups is 1. The van der Waals surface area contributed by atoms with Crippen molar-refractivity contribution in [2.45, 2.75) is 18.2 Å². The van der Waals surface area contributed by atoms with Gasteiger partial charge in [-0.3, -0.25) is 9.69 Å². The Hall–Kier alpha value is -2.07. The van der Waals surface area contributed by atoms with Crippen molar-refractivity contribution >= 4 is 54.0 Å². The summed E-state index contributed by atoms with van der Waals surface area (Å²) in [5.74, 6) is -1.22. The third-order valence-electron chi connectivity index (χ3n) is 4.80. The van der Waals surface area contributed by atoms with Gasteiger partial charge in [-0.1, -0.05) is 22.9 Å². The molecule has 0 bridgehead atoms. The first-order valence-electron chi connectivity index (χ1n) is 9.57. The lowest BCUT2D eigenvalue weighted by atomic mass is 10.2. The molecule has 6 nitrogen and oxygen atoms in total. The summed E-state index contributed by atoms with van der Waals surface area (Å²) in [4.78, 5) is 21.1. The van der Waals surface area contributed by atoms with Crippen molar-refractivity contribution in [3.8, 4) is 0 Å². The molecule has 2 aromatic carbocycles. The van der Waals surface area contributed by atoms with Crippen molar-refractivity contribution in [2.24, 2.45) is 0 Å². The molecule has 1 aromatic heterocycles. The molecule has 0 saturated carbocycles. The summed E-state index contributed by atoms with van der Waals surface area (Å²) in [6.45, 7) is 2.83. The summed E-state index contributed by atoms with van der Waals surface area (Å²) in [5.41, 5.74) is 1.56. The van der Waals surface area contributed by atoms with Crippen molar-refractivity contribution in [1.82, 2.24) is 9.88 Å². The molecule has 0 aliphatic carbocycles. The van der Waals surface area contributed by atoms with Crippen LogP contribution in [-0.4, -0.2) is 57.1 Å². The van der Waals surface area contributed by atoms with E-state index in [0.29, 0.717) is 23.2 Å². The third-order valence-corrected chi connectivity index (χ3v) is 7.98. The summed E-state index contributed by atoms with van der Waals surface area (Å²) < 4.78 is 39.1. The van der Waals surface area contributed by atoms with Gasteiger partial charge >= 0.3 is 0 Å². The molecule has 0 fully saturated rings. The average Bonchev–Trinajstić information content (AvgIpc) is 3.14. The van der Waals surface area contributed by atoms with Crippen LogP contribution >= 0.6 is 22.9 Å². The van der Waals surface area contributed by atoms with Gasteiger partial charge in [0.2, 0.25) is 5.91 Å². The molecule has 0 unspecified atom stereocenters. The van der Waals surface area contributed by atoms with Gasteiger partial charge in [-0.05, 0) is 63.0 Å². The van der Waals surface area contributed by atoms with Gasteiger partial charge in [-0.25, -0.2) is 17.8 Å². The molecule has 3 rings (SSSR count). The average molecular weight is 484 g/mol. The van der Waals surface area contributed by atoms with Crippen LogP contribution < -0.4 is 4.90 Å². The monoisotopic (exact) mass is 483 g/mol. The minimum atomic E-state index is -3.72. The molecule has 10 heteroatoms. The SMILES string of the molecule is Cc1c(Cl)ccc2sc(N(CCN(C)C)C(=O)CCS(=O)(=O)c3ccc(F)cc3)nc12. The van der Waals surface area contributed by atoms with E-state index in [9.17, 15) is 17.6 Å². The third kappa shape index (κ3) is 5.60. The van der Waals surface area contributed by atoms with E-state index in [1.165, 1.54) is 28.4 Å². The van der Waals surface area contributed by atoms with Gasteiger partial charge in [0.05, 0.1) is 20.9 Å². The Kier molecular flexibility index (Phi) is 7.31. The van der Waals surface area contributed by atoms with Crippen molar-refractivity contribution in [2.75, 3.05) is 37.8 Å². The van der Waals surface area contributed by atoms with Crippen molar-refractivity contribution in [3.63, 3.8) is 0 Å². The Bertz CT molecular complexity index is 1190. The number of rotatable bonds is 8. The lowest BCUT2D eigenvalue weighted by molar-refractivity contribution is -0.118. The number of likely N-dealkylation sites (N-methyl/N-ethyl adjacent to an activating group) is 1. The highest BCUT2D eigenvalue weighted by molar-refractivity contribution is 7.91. The zero-order valence-corrected chi connectivity index (χ0v) is 19.8. The number of hydrogen-bond donors (Lipinski definition) is 0. The van der Waals surface area contributed by atoms with Gasteiger partial charge in [0.1, 0.15) is 5.82 Å². The second kappa shape index (κ2) is 9.60. The van der Waals surface area contributed by atoms with Crippen LogP contribution in [0.1, 0.15) is 12.0 Å². The molecule has 0 aliphatic heterocycles. The van der Waals surface area contributed by atoms with Crippen molar-refractivity contribution in [1.29, 1.82) is 0 Å². The molecule has 0 saturated heterocycles.